The maximum absolute atomic E-state index is 4.58. The van der Waals surface area contributed by atoms with Crippen LogP contribution < -0.4 is 5.32 Å². The van der Waals surface area contributed by atoms with E-state index < -0.39 is 0 Å². The van der Waals surface area contributed by atoms with E-state index in [9.17, 15) is 0 Å². The summed E-state index contributed by atoms with van der Waals surface area (Å²) >= 11 is 0. The van der Waals surface area contributed by atoms with E-state index in [1.165, 1.54) is 0 Å². The minimum atomic E-state index is 0.362. The van der Waals surface area contributed by atoms with Gasteiger partial charge in [-0.2, -0.15) is 5.10 Å². The fourth-order valence-electron chi connectivity index (χ4n) is 2.23. The summed E-state index contributed by atoms with van der Waals surface area (Å²) in [7, 11) is 0. The normalized spacial score (nSPS) is 12.4. The molecule has 0 bridgehead atoms. The molecule has 0 fully saturated rings. The lowest BCUT2D eigenvalue weighted by molar-refractivity contribution is 0.472. The van der Waals surface area contributed by atoms with Crippen molar-refractivity contribution in [3.05, 3.63) is 67.0 Å². The summed E-state index contributed by atoms with van der Waals surface area (Å²) in [6.07, 6.45) is 7.60. The number of benzene rings is 1. The molecule has 0 saturated heterocycles. The molecular formula is C16H19N5. The zero-order valence-electron chi connectivity index (χ0n) is 12.1. The van der Waals surface area contributed by atoms with Crippen LogP contribution in [0.5, 0.6) is 0 Å². The van der Waals surface area contributed by atoms with Crippen molar-refractivity contribution in [3.8, 4) is 5.69 Å². The molecule has 0 aliphatic rings. The molecule has 0 aliphatic heterocycles. The van der Waals surface area contributed by atoms with E-state index in [1.54, 1.807) is 6.20 Å². The van der Waals surface area contributed by atoms with Gasteiger partial charge in [0, 0.05) is 37.7 Å². The Bertz CT molecular complexity index is 657. The van der Waals surface area contributed by atoms with Gasteiger partial charge in [0.1, 0.15) is 0 Å². The van der Waals surface area contributed by atoms with Crippen molar-refractivity contribution in [1.82, 2.24) is 24.6 Å². The Morgan fingerprint density at radius 1 is 1.14 bits per heavy atom. The van der Waals surface area contributed by atoms with Crippen molar-refractivity contribution < 1.29 is 0 Å². The largest absolute Gasteiger partial charge is 0.336 e. The summed E-state index contributed by atoms with van der Waals surface area (Å²) in [6.45, 7) is 3.82. The van der Waals surface area contributed by atoms with E-state index in [0.29, 0.717) is 6.04 Å². The molecule has 3 rings (SSSR count). The highest BCUT2D eigenvalue weighted by atomic mass is 15.3. The number of para-hydroxylation sites is 1. The Morgan fingerprint density at radius 3 is 2.76 bits per heavy atom. The van der Waals surface area contributed by atoms with Crippen molar-refractivity contribution in [2.45, 2.75) is 26.1 Å². The topological polar surface area (TPSA) is 47.7 Å². The summed E-state index contributed by atoms with van der Waals surface area (Å²) < 4.78 is 3.97. The zero-order valence-corrected chi connectivity index (χ0v) is 12.1. The highest BCUT2D eigenvalue weighted by Gasteiger charge is 2.05. The van der Waals surface area contributed by atoms with Crippen LogP contribution in [-0.2, 0) is 13.1 Å². The maximum atomic E-state index is 4.58. The standard InChI is InChI=1S/C16H19N5/c1-14(12-20-10-8-17-13-20)18-11-15-7-9-21(19-15)16-5-3-2-4-6-16/h2-10,13-14,18H,11-12H2,1H3. The van der Waals surface area contributed by atoms with Gasteiger partial charge in [0.2, 0.25) is 0 Å². The number of aromatic nitrogens is 4. The fourth-order valence-corrected chi connectivity index (χ4v) is 2.23. The molecule has 21 heavy (non-hydrogen) atoms. The Labute approximate surface area is 124 Å². The van der Waals surface area contributed by atoms with E-state index in [0.717, 1.165) is 24.5 Å². The van der Waals surface area contributed by atoms with Gasteiger partial charge in [0.05, 0.1) is 17.7 Å². The summed E-state index contributed by atoms with van der Waals surface area (Å²) in [5.74, 6) is 0. The second-order valence-corrected chi connectivity index (χ2v) is 5.13. The molecule has 5 nitrogen and oxygen atoms in total. The van der Waals surface area contributed by atoms with Crippen LogP contribution >= 0.6 is 0 Å². The molecule has 3 aromatic rings. The van der Waals surface area contributed by atoms with E-state index in [-0.39, 0.29) is 0 Å². The first kappa shape index (κ1) is 13.6. The third kappa shape index (κ3) is 3.58. The highest BCUT2D eigenvalue weighted by molar-refractivity contribution is 5.30. The van der Waals surface area contributed by atoms with Gasteiger partial charge >= 0.3 is 0 Å². The van der Waals surface area contributed by atoms with Crippen LogP contribution in [0.3, 0.4) is 0 Å². The fraction of sp³-hybridized carbons (Fsp3) is 0.250. The number of rotatable bonds is 6. The Hall–Kier alpha value is -2.40. The molecule has 1 N–H and O–H groups in total. The lowest BCUT2D eigenvalue weighted by Gasteiger charge is -2.13. The summed E-state index contributed by atoms with van der Waals surface area (Å²) in [5, 5.41) is 8.06. The molecule has 0 spiro atoms. The average Bonchev–Trinajstić information content (AvgIpc) is 3.17. The van der Waals surface area contributed by atoms with Gasteiger partial charge in [0.25, 0.3) is 0 Å². The maximum Gasteiger partial charge on any atom is 0.0946 e. The van der Waals surface area contributed by atoms with Gasteiger partial charge in [-0.05, 0) is 25.1 Å². The van der Waals surface area contributed by atoms with Crippen LogP contribution in [-0.4, -0.2) is 25.4 Å². The summed E-state index contributed by atoms with van der Waals surface area (Å²) in [6, 6.07) is 12.5. The number of imidazole rings is 1. The van der Waals surface area contributed by atoms with Crippen LogP contribution in [0.15, 0.2) is 61.3 Å². The van der Waals surface area contributed by atoms with Gasteiger partial charge in [-0.25, -0.2) is 9.67 Å². The number of hydrogen-bond acceptors (Lipinski definition) is 3. The van der Waals surface area contributed by atoms with E-state index in [1.807, 2.05) is 59.8 Å². The van der Waals surface area contributed by atoms with Crippen molar-refractivity contribution >= 4 is 0 Å². The number of hydrogen-bond donors (Lipinski definition) is 1. The first-order valence-corrected chi connectivity index (χ1v) is 7.10. The molecule has 2 heterocycles. The number of nitrogens with one attached hydrogen (secondary N) is 1. The Morgan fingerprint density at radius 2 is 2.00 bits per heavy atom. The van der Waals surface area contributed by atoms with E-state index >= 15 is 0 Å². The lowest BCUT2D eigenvalue weighted by atomic mass is 10.3. The Balaban J connectivity index is 1.55. The van der Waals surface area contributed by atoms with Crippen LogP contribution in [0.2, 0.25) is 0 Å². The number of nitrogens with zero attached hydrogens (tertiary/aromatic N) is 4. The molecule has 1 aromatic carbocycles. The van der Waals surface area contributed by atoms with Crippen LogP contribution in [0, 0.1) is 0 Å². The molecule has 108 valence electrons. The third-order valence-electron chi connectivity index (χ3n) is 3.34. The van der Waals surface area contributed by atoms with Crippen LogP contribution in [0.4, 0.5) is 0 Å². The van der Waals surface area contributed by atoms with Crippen LogP contribution in [0.1, 0.15) is 12.6 Å². The molecule has 0 amide bonds. The minimum absolute atomic E-state index is 0.362. The molecule has 1 unspecified atom stereocenters. The monoisotopic (exact) mass is 281 g/mol. The molecular weight excluding hydrogens is 262 g/mol. The highest BCUT2D eigenvalue weighted by Crippen LogP contribution is 2.06. The van der Waals surface area contributed by atoms with Gasteiger partial charge in [-0.3, -0.25) is 0 Å². The van der Waals surface area contributed by atoms with E-state index in [2.05, 4.69) is 26.9 Å². The summed E-state index contributed by atoms with van der Waals surface area (Å²) in [4.78, 5) is 4.05. The molecule has 2 aromatic heterocycles. The Kier molecular flexibility index (Phi) is 4.12. The first-order chi connectivity index (χ1) is 10.3. The molecule has 0 radical (unpaired) electrons. The van der Waals surface area contributed by atoms with E-state index in [4.69, 9.17) is 0 Å². The molecule has 0 saturated carbocycles. The molecule has 1 atom stereocenters. The van der Waals surface area contributed by atoms with Crippen LogP contribution in [0.25, 0.3) is 5.69 Å². The zero-order chi connectivity index (χ0) is 14.5. The summed E-state index contributed by atoms with van der Waals surface area (Å²) in [5.41, 5.74) is 2.12. The predicted molar refractivity (Wildman–Crippen MR) is 82.1 cm³/mol. The predicted octanol–water partition coefficient (Wildman–Crippen LogP) is 2.25. The van der Waals surface area contributed by atoms with Crippen molar-refractivity contribution in [2.24, 2.45) is 0 Å². The lowest BCUT2D eigenvalue weighted by Crippen LogP contribution is -2.29. The molecule has 0 aliphatic carbocycles. The van der Waals surface area contributed by atoms with Crippen molar-refractivity contribution in [2.75, 3.05) is 0 Å². The van der Waals surface area contributed by atoms with Gasteiger partial charge in [0.15, 0.2) is 0 Å². The van der Waals surface area contributed by atoms with Gasteiger partial charge < -0.3 is 9.88 Å². The second kappa shape index (κ2) is 6.37. The smallest absolute Gasteiger partial charge is 0.0946 e. The molecule has 5 heteroatoms. The quantitative estimate of drug-likeness (QED) is 0.754. The third-order valence-corrected chi connectivity index (χ3v) is 3.34. The van der Waals surface area contributed by atoms with Crippen molar-refractivity contribution in [1.29, 1.82) is 0 Å². The van der Waals surface area contributed by atoms with Crippen molar-refractivity contribution in [3.63, 3.8) is 0 Å². The van der Waals surface area contributed by atoms with Gasteiger partial charge in [-0.15, -0.1) is 0 Å². The SMILES string of the molecule is CC(Cn1ccnc1)NCc1ccn(-c2ccccc2)n1. The first-order valence-electron chi connectivity index (χ1n) is 7.10. The minimum Gasteiger partial charge on any atom is -0.336 e. The average molecular weight is 281 g/mol. The van der Waals surface area contributed by atoms with Gasteiger partial charge in [-0.1, -0.05) is 18.2 Å². The second-order valence-electron chi connectivity index (χ2n) is 5.13.